The Bertz CT molecular complexity index is 1750. The number of carbonyl (C=O) groups excluding carboxylic acids is 3. The molecule has 0 N–H and O–H groups in total. The molecule has 0 spiro atoms. The SMILES string of the molecule is CCCCC(CC)COC(=O)c1ccc2cc(C(=O)OCCOC(=O)/C(C#N)=C(/c3ccccc3)c3ccc(OC)cc3)ccc2c1. The first kappa shape index (κ1) is 34.5. The number of hydrogen-bond donors (Lipinski definition) is 0. The number of esters is 3. The van der Waals surface area contributed by atoms with Crippen LogP contribution in [0.15, 0.2) is 96.6 Å². The van der Waals surface area contributed by atoms with Crippen LogP contribution >= 0.6 is 0 Å². The van der Waals surface area contributed by atoms with Crippen LogP contribution in [0.5, 0.6) is 5.75 Å². The minimum Gasteiger partial charge on any atom is -0.497 e. The molecule has 8 heteroatoms. The zero-order valence-electron chi connectivity index (χ0n) is 27.0. The highest BCUT2D eigenvalue weighted by Crippen LogP contribution is 2.29. The third kappa shape index (κ3) is 9.30. The maximum Gasteiger partial charge on any atom is 0.349 e. The van der Waals surface area contributed by atoms with Crippen molar-refractivity contribution >= 4 is 34.3 Å². The van der Waals surface area contributed by atoms with Crippen molar-refractivity contribution in [3.63, 3.8) is 0 Å². The molecular formula is C39H39NO7. The minimum atomic E-state index is -0.829. The second-order valence-corrected chi connectivity index (χ2v) is 11.0. The van der Waals surface area contributed by atoms with E-state index in [0.29, 0.717) is 46.1 Å². The van der Waals surface area contributed by atoms with E-state index < -0.39 is 11.9 Å². The average Bonchev–Trinajstić information content (AvgIpc) is 3.12. The second kappa shape index (κ2) is 17.3. The van der Waals surface area contributed by atoms with E-state index in [1.807, 2.05) is 24.3 Å². The first-order valence-electron chi connectivity index (χ1n) is 15.8. The van der Waals surface area contributed by atoms with E-state index in [4.69, 9.17) is 18.9 Å². The minimum absolute atomic E-state index is 0.174. The Morgan fingerprint density at radius 3 is 1.87 bits per heavy atom. The van der Waals surface area contributed by atoms with Gasteiger partial charge in [-0.1, -0.05) is 87.7 Å². The van der Waals surface area contributed by atoms with E-state index in [0.717, 1.165) is 36.5 Å². The largest absolute Gasteiger partial charge is 0.497 e. The Hall–Kier alpha value is -5.42. The molecule has 1 atom stereocenters. The first-order chi connectivity index (χ1) is 22.9. The molecule has 0 aromatic heterocycles. The van der Waals surface area contributed by atoms with Crippen LogP contribution < -0.4 is 4.74 Å². The van der Waals surface area contributed by atoms with Gasteiger partial charge in [0.15, 0.2) is 0 Å². The highest BCUT2D eigenvalue weighted by Gasteiger charge is 2.21. The summed E-state index contributed by atoms with van der Waals surface area (Å²) in [6.45, 7) is 4.21. The van der Waals surface area contributed by atoms with Crippen molar-refractivity contribution < 1.29 is 33.3 Å². The monoisotopic (exact) mass is 633 g/mol. The van der Waals surface area contributed by atoms with Gasteiger partial charge in [0.25, 0.3) is 0 Å². The predicted octanol–water partition coefficient (Wildman–Crippen LogP) is 7.95. The molecule has 0 heterocycles. The number of nitrogens with zero attached hydrogens (tertiary/aromatic N) is 1. The number of hydrogen-bond acceptors (Lipinski definition) is 8. The molecule has 0 aliphatic heterocycles. The van der Waals surface area contributed by atoms with Crippen LogP contribution in [0.1, 0.15) is 71.4 Å². The van der Waals surface area contributed by atoms with Crippen molar-refractivity contribution in [1.82, 2.24) is 0 Å². The molecule has 0 aliphatic carbocycles. The topological polar surface area (TPSA) is 112 Å². The average molecular weight is 634 g/mol. The van der Waals surface area contributed by atoms with Crippen LogP contribution in [0.4, 0.5) is 0 Å². The Labute approximate surface area is 275 Å². The summed E-state index contributed by atoms with van der Waals surface area (Å²) in [6, 6.07) is 28.3. The number of fused-ring (bicyclic) bond motifs is 1. The van der Waals surface area contributed by atoms with Gasteiger partial charge in [0, 0.05) is 5.57 Å². The van der Waals surface area contributed by atoms with E-state index in [1.165, 1.54) is 0 Å². The van der Waals surface area contributed by atoms with Crippen LogP contribution in [-0.2, 0) is 19.0 Å². The molecule has 0 fully saturated rings. The van der Waals surface area contributed by atoms with E-state index in [2.05, 4.69) is 13.8 Å². The molecule has 4 aromatic carbocycles. The summed E-state index contributed by atoms with van der Waals surface area (Å²) < 4.78 is 21.5. The summed E-state index contributed by atoms with van der Waals surface area (Å²) >= 11 is 0. The van der Waals surface area contributed by atoms with Gasteiger partial charge in [-0.15, -0.1) is 0 Å². The summed E-state index contributed by atoms with van der Waals surface area (Å²) in [4.78, 5) is 38.5. The van der Waals surface area contributed by atoms with Crippen LogP contribution in [0, 0.1) is 17.2 Å². The second-order valence-electron chi connectivity index (χ2n) is 11.0. The maximum absolute atomic E-state index is 13.1. The Balaban J connectivity index is 1.36. The Morgan fingerprint density at radius 1 is 0.723 bits per heavy atom. The van der Waals surface area contributed by atoms with E-state index in [1.54, 1.807) is 79.9 Å². The number of benzene rings is 4. The van der Waals surface area contributed by atoms with Crippen LogP contribution in [-0.4, -0.2) is 44.8 Å². The molecule has 8 nitrogen and oxygen atoms in total. The lowest BCUT2D eigenvalue weighted by Gasteiger charge is -2.14. The molecule has 242 valence electrons. The van der Waals surface area contributed by atoms with Gasteiger partial charge in [0.2, 0.25) is 0 Å². The van der Waals surface area contributed by atoms with Crippen molar-refractivity contribution in [2.24, 2.45) is 5.92 Å². The van der Waals surface area contributed by atoms with Gasteiger partial charge < -0.3 is 18.9 Å². The summed E-state index contributed by atoms with van der Waals surface area (Å²) in [6.07, 6.45) is 4.23. The summed E-state index contributed by atoms with van der Waals surface area (Å²) in [7, 11) is 1.56. The van der Waals surface area contributed by atoms with Gasteiger partial charge in [-0.25, -0.2) is 14.4 Å². The zero-order valence-corrected chi connectivity index (χ0v) is 27.0. The fourth-order valence-corrected chi connectivity index (χ4v) is 5.12. The molecule has 1 unspecified atom stereocenters. The molecule has 47 heavy (non-hydrogen) atoms. The number of carbonyl (C=O) groups is 3. The molecular weight excluding hydrogens is 594 g/mol. The van der Waals surface area contributed by atoms with Crippen molar-refractivity contribution in [3.8, 4) is 11.8 Å². The highest BCUT2D eigenvalue weighted by molar-refractivity contribution is 6.05. The summed E-state index contributed by atoms with van der Waals surface area (Å²) in [5, 5.41) is 11.5. The third-order valence-corrected chi connectivity index (χ3v) is 7.86. The number of ether oxygens (including phenoxy) is 4. The highest BCUT2D eigenvalue weighted by atomic mass is 16.6. The van der Waals surface area contributed by atoms with Crippen molar-refractivity contribution in [1.29, 1.82) is 5.26 Å². The molecule has 0 radical (unpaired) electrons. The maximum atomic E-state index is 13.1. The first-order valence-corrected chi connectivity index (χ1v) is 15.8. The van der Waals surface area contributed by atoms with Gasteiger partial charge in [-0.05, 0) is 70.6 Å². The van der Waals surface area contributed by atoms with E-state index in [9.17, 15) is 19.6 Å². The summed E-state index contributed by atoms with van der Waals surface area (Å²) in [5.41, 5.74) is 2.32. The number of rotatable bonds is 15. The van der Waals surface area contributed by atoms with Crippen LogP contribution in [0.3, 0.4) is 0 Å². The Morgan fingerprint density at radius 2 is 1.30 bits per heavy atom. The lowest BCUT2D eigenvalue weighted by molar-refractivity contribution is -0.139. The fourth-order valence-electron chi connectivity index (χ4n) is 5.12. The third-order valence-electron chi connectivity index (χ3n) is 7.86. The molecule has 0 amide bonds. The molecule has 0 saturated heterocycles. The fraction of sp³-hybridized carbons (Fsp3) is 0.282. The number of nitriles is 1. The van der Waals surface area contributed by atoms with Crippen molar-refractivity contribution in [2.75, 3.05) is 26.9 Å². The quantitative estimate of drug-likeness (QED) is 0.0426. The van der Waals surface area contributed by atoms with Crippen molar-refractivity contribution in [2.45, 2.75) is 39.5 Å². The Kier molecular flexibility index (Phi) is 12.7. The summed E-state index contributed by atoms with van der Waals surface area (Å²) in [5.74, 6) is -0.798. The van der Waals surface area contributed by atoms with Gasteiger partial charge in [-0.3, -0.25) is 0 Å². The molecule has 0 aliphatic rings. The zero-order chi connectivity index (χ0) is 33.6. The number of methoxy groups -OCH3 is 1. The van der Waals surface area contributed by atoms with E-state index in [-0.39, 0.29) is 24.8 Å². The smallest absolute Gasteiger partial charge is 0.349 e. The standard InChI is InChI=1S/C39H39NO7/c1-4-6-10-27(5-2)26-47-38(42)33-16-14-30-23-32(15-13-31(30)24-33)37(41)45-21-22-46-39(43)35(25-40)36(28-11-8-7-9-12-28)29-17-19-34(44-3)20-18-29/h7-9,11-20,23-24,27H,4-6,10,21-22,26H2,1-3H3/b36-35-. The molecule has 0 saturated carbocycles. The van der Waals surface area contributed by atoms with Gasteiger partial charge in [0.1, 0.15) is 30.6 Å². The van der Waals surface area contributed by atoms with E-state index >= 15 is 0 Å². The van der Waals surface area contributed by atoms with Crippen LogP contribution in [0.2, 0.25) is 0 Å². The molecule has 4 rings (SSSR count). The molecule has 0 bridgehead atoms. The van der Waals surface area contributed by atoms with Crippen LogP contribution in [0.25, 0.3) is 16.3 Å². The van der Waals surface area contributed by atoms with Gasteiger partial charge in [-0.2, -0.15) is 5.26 Å². The van der Waals surface area contributed by atoms with Gasteiger partial charge in [0.05, 0.1) is 24.8 Å². The number of unbranched alkanes of at least 4 members (excludes halogenated alkanes) is 1. The lowest BCUT2D eigenvalue weighted by Crippen LogP contribution is -2.16. The molecule has 4 aromatic rings. The predicted molar refractivity (Wildman–Crippen MR) is 180 cm³/mol. The van der Waals surface area contributed by atoms with Crippen molar-refractivity contribution in [3.05, 3.63) is 119 Å². The lowest BCUT2D eigenvalue weighted by atomic mass is 9.93. The van der Waals surface area contributed by atoms with Gasteiger partial charge >= 0.3 is 17.9 Å². The normalized spacial score (nSPS) is 12.0.